The van der Waals surface area contributed by atoms with E-state index in [0.29, 0.717) is 11.6 Å². The number of halogens is 3. The lowest BCUT2D eigenvalue weighted by atomic mass is 10.2. The van der Waals surface area contributed by atoms with Gasteiger partial charge < -0.3 is 4.74 Å². The van der Waals surface area contributed by atoms with Gasteiger partial charge in [-0.05, 0) is 18.6 Å². The van der Waals surface area contributed by atoms with Gasteiger partial charge in [0, 0.05) is 0 Å². The second-order valence-electron chi connectivity index (χ2n) is 3.97. The Morgan fingerprint density at radius 3 is 2.32 bits per heavy atom. The number of benzene rings is 1. The summed E-state index contributed by atoms with van der Waals surface area (Å²) < 4.78 is 64.9. The summed E-state index contributed by atoms with van der Waals surface area (Å²) >= 11 is 0. The van der Waals surface area contributed by atoms with Crippen molar-refractivity contribution in [1.82, 2.24) is 0 Å². The normalized spacial score (nSPS) is 13.4. The van der Waals surface area contributed by atoms with Gasteiger partial charge in [-0.1, -0.05) is 42.5 Å². The molecule has 0 aliphatic rings. The van der Waals surface area contributed by atoms with Crippen molar-refractivity contribution in [2.24, 2.45) is 0 Å². The molecule has 0 fully saturated rings. The highest BCUT2D eigenvalue weighted by Gasteiger charge is 2.50. The van der Waals surface area contributed by atoms with Crippen molar-refractivity contribution < 1.29 is 31.1 Å². The summed E-state index contributed by atoms with van der Waals surface area (Å²) in [5, 5.41) is 0. The van der Waals surface area contributed by atoms with Crippen LogP contribution in [0.1, 0.15) is 12.5 Å². The predicted octanol–water partition coefficient (Wildman–Crippen LogP) is 3.08. The van der Waals surface area contributed by atoms with E-state index in [1.807, 2.05) is 0 Å². The van der Waals surface area contributed by atoms with Crippen LogP contribution in [0.15, 0.2) is 47.4 Å². The number of allylic oxidation sites excluding steroid dienone is 2. The van der Waals surface area contributed by atoms with Crippen LogP contribution in [0.2, 0.25) is 0 Å². The topological polar surface area (TPSA) is 60.4 Å². The highest BCUT2D eigenvalue weighted by molar-refractivity contribution is 7.97. The molecule has 0 heterocycles. The average molecular weight is 334 g/mol. The Labute approximate surface area is 125 Å². The Morgan fingerprint density at radius 1 is 1.23 bits per heavy atom. The van der Waals surface area contributed by atoms with E-state index in [1.165, 1.54) is 13.0 Å². The zero-order valence-electron chi connectivity index (χ0n) is 11.5. The number of carbonyl (C=O) groups excluding carboxylic acids is 1. The van der Waals surface area contributed by atoms with Crippen LogP contribution in [-0.4, -0.2) is 26.5 Å². The molecule has 1 rings (SSSR count). The van der Waals surface area contributed by atoms with Crippen LogP contribution in [-0.2, 0) is 19.4 Å². The van der Waals surface area contributed by atoms with Crippen molar-refractivity contribution in [3.63, 3.8) is 0 Å². The molecule has 4 nitrogen and oxygen atoms in total. The van der Waals surface area contributed by atoms with E-state index >= 15 is 0 Å². The fraction of sp³-hybridized carbons (Fsp3) is 0.214. The number of ether oxygens (including phenoxy) is 1. The predicted molar refractivity (Wildman–Crippen MR) is 75.2 cm³/mol. The van der Waals surface area contributed by atoms with E-state index < -0.39 is 26.2 Å². The minimum atomic E-state index is -5.78. The van der Waals surface area contributed by atoms with Crippen LogP contribution in [0.5, 0.6) is 0 Å². The van der Waals surface area contributed by atoms with Crippen molar-refractivity contribution in [3.05, 3.63) is 53.0 Å². The molecule has 0 amide bonds. The van der Waals surface area contributed by atoms with Gasteiger partial charge in [-0.2, -0.15) is 13.2 Å². The third kappa shape index (κ3) is 4.45. The molecule has 22 heavy (non-hydrogen) atoms. The van der Waals surface area contributed by atoms with Gasteiger partial charge in [-0.25, -0.2) is 13.2 Å². The zero-order valence-corrected chi connectivity index (χ0v) is 12.3. The number of hydrogen-bond donors (Lipinski definition) is 0. The number of carbonyl (C=O) groups is 1. The minimum Gasteiger partial charge on any atom is -0.462 e. The van der Waals surface area contributed by atoms with Crippen molar-refractivity contribution >= 4 is 21.9 Å². The van der Waals surface area contributed by atoms with E-state index in [0.717, 1.165) is 6.08 Å². The fourth-order valence-corrected chi connectivity index (χ4v) is 2.19. The lowest BCUT2D eigenvalue weighted by Gasteiger charge is -2.10. The Balaban J connectivity index is 3.19. The van der Waals surface area contributed by atoms with Crippen molar-refractivity contribution in [1.29, 1.82) is 0 Å². The molecule has 0 saturated carbocycles. The van der Waals surface area contributed by atoms with Gasteiger partial charge in [-0.3, -0.25) is 0 Å². The molecule has 0 aliphatic carbocycles. The number of alkyl halides is 3. The monoisotopic (exact) mass is 334 g/mol. The lowest BCUT2D eigenvalue weighted by molar-refractivity contribution is -0.137. The molecular weight excluding hydrogens is 321 g/mol. The van der Waals surface area contributed by atoms with E-state index in [9.17, 15) is 26.4 Å². The standard InChI is InChI=1S/C14H13F3O4S/c1-2-21-13(18)12(22(19,20)14(15,16)17)10-6-9-11-7-4-3-5-8-11/h3-10H,2H2,1H3/b9-6+,12-10+. The zero-order chi connectivity index (χ0) is 16.8. The Hall–Kier alpha value is -2.09. The SMILES string of the molecule is CCOC(=O)/C(=C\C=C\c1ccccc1)S(=O)(=O)C(F)(F)F. The first-order chi connectivity index (χ1) is 10.2. The van der Waals surface area contributed by atoms with Crippen molar-refractivity contribution in [3.8, 4) is 0 Å². The molecule has 8 heteroatoms. The number of rotatable bonds is 5. The van der Waals surface area contributed by atoms with Crippen LogP contribution in [0.25, 0.3) is 6.08 Å². The van der Waals surface area contributed by atoms with E-state index in [2.05, 4.69) is 4.74 Å². The Bertz CT molecular complexity index is 674. The molecule has 0 unspecified atom stereocenters. The molecule has 0 spiro atoms. The van der Waals surface area contributed by atoms with Gasteiger partial charge in [0.25, 0.3) is 9.84 Å². The van der Waals surface area contributed by atoms with Gasteiger partial charge in [0.15, 0.2) is 4.91 Å². The van der Waals surface area contributed by atoms with Crippen LogP contribution in [0, 0.1) is 0 Å². The fourth-order valence-electron chi connectivity index (χ4n) is 1.40. The summed E-state index contributed by atoms with van der Waals surface area (Å²) in [6.07, 6.45) is 2.99. The molecular formula is C14H13F3O4S. The minimum absolute atomic E-state index is 0.244. The number of sulfone groups is 1. The first kappa shape index (κ1) is 18.0. The first-order valence-corrected chi connectivity index (χ1v) is 7.60. The molecule has 1 aromatic rings. The molecule has 0 bridgehead atoms. The van der Waals surface area contributed by atoms with Crippen LogP contribution in [0.4, 0.5) is 13.2 Å². The molecule has 0 saturated heterocycles. The number of hydrogen-bond acceptors (Lipinski definition) is 4. The van der Waals surface area contributed by atoms with Gasteiger partial charge >= 0.3 is 11.5 Å². The summed E-state index contributed by atoms with van der Waals surface area (Å²) in [7, 11) is -5.78. The lowest BCUT2D eigenvalue weighted by Crippen LogP contribution is -2.29. The van der Waals surface area contributed by atoms with E-state index in [1.54, 1.807) is 30.3 Å². The molecule has 1 aromatic carbocycles. The smallest absolute Gasteiger partial charge is 0.462 e. The van der Waals surface area contributed by atoms with Crippen molar-refractivity contribution in [2.75, 3.05) is 6.61 Å². The van der Waals surface area contributed by atoms with E-state index in [4.69, 9.17) is 0 Å². The highest BCUT2D eigenvalue weighted by atomic mass is 32.2. The number of esters is 1. The maximum atomic E-state index is 12.6. The third-order valence-electron chi connectivity index (χ3n) is 2.41. The molecule has 0 atom stereocenters. The Kier molecular flexibility index (Phi) is 5.92. The maximum Gasteiger partial charge on any atom is 0.502 e. The molecule has 0 aromatic heterocycles. The second-order valence-corrected chi connectivity index (χ2v) is 5.88. The van der Waals surface area contributed by atoms with Gasteiger partial charge in [-0.15, -0.1) is 0 Å². The summed E-state index contributed by atoms with van der Waals surface area (Å²) in [4.78, 5) is 10.0. The van der Waals surface area contributed by atoms with Gasteiger partial charge in [0.1, 0.15) is 0 Å². The highest BCUT2D eigenvalue weighted by Crippen LogP contribution is 2.30. The molecule has 0 N–H and O–H groups in total. The van der Waals surface area contributed by atoms with Crippen LogP contribution < -0.4 is 0 Å². The summed E-state index contributed by atoms with van der Waals surface area (Å²) in [6, 6.07) is 8.45. The van der Waals surface area contributed by atoms with Gasteiger partial charge in [0.2, 0.25) is 0 Å². The average Bonchev–Trinajstić information content (AvgIpc) is 2.43. The maximum absolute atomic E-state index is 12.6. The quantitative estimate of drug-likeness (QED) is 0.472. The summed E-state index contributed by atoms with van der Waals surface area (Å²) in [5.74, 6) is -1.54. The summed E-state index contributed by atoms with van der Waals surface area (Å²) in [6.45, 7) is 1.11. The molecule has 0 aliphatic heterocycles. The molecule has 120 valence electrons. The van der Waals surface area contributed by atoms with Crippen LogP contribution in [0.3, 0.4) is 0 Å². The Morgan fingerprint density at radius 2 is 1.82 bits per heavy atom. The largest absolute Gasteiger partial charge is 0.502 e. The summed E-state index contributed by atoms with van der Waals surface area (Å²) in [5.41, 5.74) is -4.95. The second kappa shape index (κ2) is 7.26. The third-order valence-corrected chi connectivity index (χ3v) is 3.90. The van der Waals surface area contributed by atoms with Gasteiger partial charge in [0.05, 0.1) is 6.61 Å². The molecule has 0 radical (unpaired) electrons. The first-order valence-electron chi connectivity index (χ1n) is 6.12. The van der Waals surface area contributed by atoms with E-state index in [-0.39, 0.29) is 6.61 Å². The van der Waals surface area contributed by atoms with Crippen LogP contribution >= 0.6 is 0 Å². The van der Waals surface area contributed by atoms with Crippen molar-refractivity contribution in [2.45, 2.75) is 12.4 Å².